The fourth-order valence-corrected chi connectivity index (χ4v) is 2.60. The highest BCUT2D eigenvalue weighted by Crippen LogP contribution is 2.24. The Hall–Kier alpha value is -2.84. The van der Waals surface area contributed by atoms with Crippen molar-refractivity contribution in [3.8, 4) is 0 Å². The number of benzene rings is 1. The molecule has 0 bridgehead atoms. The molecule has 25 heavy (non-hydrogen) atoms. The first kappa shape index (κ1) is 17.0. The van der Waals surface area contributed by atoms with Gasteiger partial charge in [0.1, 0.15) is 18.0 Å². The quantitative estimate of drug-likeness (QED) is 0.860. The average molecular weight is 351 g/mol. The van der Waals surface area contributed by atoms with Crippen molar-refractivity contribution in [3.05, 3.63) is 42.0 Å². The van der Waals surface area contributed by atoms with Gasteiger partial charge in [-0.2, -0.15) is 0 Å². The lowest BCUT2D eigenvalue weighted by molar-refractivity contribution is -0.129. The third-order valence-corrected chi connectivity index (χ3v) is 4.00. The molecule has 1 aromatic heterocycles. The van der Waals surface area contributed by atoms with Crippen molar-refractivity contribution in [1.82, 2.24) is 14.9 Å². The smallest absolute Gasteiger partial charge is 0.219 e. The van der Waals surface area contributed by atoms with Crippen molar-refractivity contribution in [2.45, 2.75) is 6.92 Å². The van der Waals surface area contributed by atoms with E-state index in [-0.39, 0.29) is 17.4 Å². The van der Waals surface area contributed by atoms with Crippen LogP contribution in [0.5, 0.6) is 0 Å². The molecular formula is C16H16F3N5O. The zero-order valence-corrected chi connectivity index (χ0v) is 13.5. The standard InChI is InChI=1S/C16H16F3N5O/c1-10(25)23-4-6-24(7-5-23)14-8-13(20-9-21-14)22-12-3-2-11(17)15(18)16(12)19/h2-3,8-9H,4-7H2,1H3,(H,20,21,22). The van der Waals surface area contributed by atoms with E-state index in [4.69, 9.17) is 0 Å². The largest absolute Gasteiger partial charge is 0.353 e. The molecule has 9 heteroatoms. The van der Waals surface area contributed by atoms with Crippen LogP contribution in [0.15, 0.2) is 24.5 Å². The second-order valence-corrected chi connectivity index (χ2v) is 5.60. The second kappa shape index (κ2) is 6.96. The molecule has 1 aliphatic rings. The summed E-state index contributed by atoms with van der Waals surface area (Å²) in [4.78, 5) is 23.2. The summed E-state index contributed by atoms with van der Waals surface area (Å²) < 4.78 is 40.0. The van der Waals surface area contributed by atoms with Crippen LogP contribution in [0.25, 0.3) is 0 Å². The molecule has 0 saturated carbocycles. The lowest BCUT2D eigenvalue weighted by Crippen LogP contribution is -2.48. The predicted octanol–water partition coefficient (Wildman–Crippen LogP) is 2.31. The number of nitrogens with one attached hydrogen (secondary N) is 1. The van der Waals surface area contributed by atoms with Crippen molar-refractivity contribution in [2.24, 2.45) is 0 Å². The molecular weight excluding hydrogens is 335 g/mol. The number of carbonyl (C=O) groups is 1. The van der Waals surface area contributed by atoms with E-state index in [0.29, 0.717) is 32.0 Å². The van der Waals surface area contributed by atoms with Crippen LogP contribution >= 0.6 is 0 Å². The van der Waals surface area contributed by atoms with E-state index >= 15 is 0 Å². The molecule has 1 aliphatic heterocycles. The Bertz CT molecular complexity index is 793. The number of hydrogen-bond acceptors (Lipinski definition) is 5. The maximum Gasteiger partial charge on any atom is 0.219 e. The number of nitrogens with zero attached hydrogens (tertiary/aromatic N) is 4. The number of carbonyl (C=O) groups excluding carboxylic acids is 1. The highest BCUT2D eigenvalue weighted by molar-refractivity contribution is 5.73. The third-order valence-electron chi connectivity index (χ3n) is 4.00. The molecule has 2 aromatic rings. The van der Waals surface area contributed by atoms with Crippen molar-refractivity contribution >= 4 is 23.2 Å². The normalized spacial score (nSPS) is 14.6. The minimum Gasteiger partial charge on any atom is -0.353 e. The summed E-state index contributed by atoms with van der Waals surface area (Å²) in [6, 6.07) is 3.52. The zero-order valence-electron chi connectivity index (χ0n) is 13.5. The van der Waals surface area contributed by atoms with Crippen LogP contribution in [-0.4, -0.2) is 47.0 Å². The van der Waals surface area contributed by atoms with Gasteiger partial charge >= 0.3 is 0 Å². The van der Waals surface area contributed by atoms with Crippen LogP contribution < -0.4 is 10.2 Å². The Labute approximate surface area is 142 Å². The van der Waals surface area contributed by atoms with E-state index < -0.39 is 17.5 Å². The molecule has 1 saturated heterocycles. The lowest BCUT2D eigenvalue weighted by atomic mass is 10.2. The van der Waals surface area contributed by atoms with Crippen molar-refractivity contribution < 1.29 is 18.0 Å². The lowest BCUT2D eigenvalue weighted by Gasteiger charge is -2.34. The fraction of sp³-hybridized carbons (Fsp3) is 0.312. The molecule has 1 N–H and O–H groups in total. The van der Waals surface area contributed by atoms with Crippen LogP contribution in [-0.2, 0) is 4.79 Å². The summed E-state index contributed by atoms with van der Waals surface area (Å²) in [6.07, 6.45) is 1.30. The van der Waals surface area contributed by atoms with Gasteiger partial charge in [-0.3, -0.25) is 4.79 Å². The number of aromatic nitrogens is 2. The molecule has 0 aliphatic carbocycles. The minimum absolute atomic E-state index is 0.0264. The van der Waals surface area contributed by atoms with Gasteiger partial charge in [0.25, 0.3) is 0 Å². The highest BCUT2D eigenvalue weighted by atomic mass is 19.2. The van der Waals surface area contributed by atoms with E-state index in [1.165, 1.54) is 13.3 Å². The Morgan fingerprint density at radius 2 is 1.80 bits per heavy atom. The number of amides is 1. The van der Waals surface area contributed by atoms with Crippen LogP contribution in [0.4, 0.5) is 30.5 Å². The number of rotatable bonds is 3. The first-order valence-corrected chi connectivity index (χ1v) is 7.68. The topological polar surface area (TPSA) is 61.4 Å². The SMILES string of the molecule is CC(=O)N1CCN(c2cc(Nc3ccc(F)c(F)c3F)ncn2)CC1. The van der Waals surface area contributed by atoms with Gasteiger partial charge in [0.05, 0.1) is 5.69 Å². The van der Waals surface area contributed by atoms with E-state index in [1.54, 1.807) is 11.0 Å². The second-order valence-electron chi connectivity index (χ2n) is 5.60. The Morgan fingerprint density at radius 3 is 2.48 bits per heavy atom. The van der Waals surface area contributed by atoms with Crippen LogP contribution in [0.2, 0.25) is 0 Å². The highest BCUT2D eigenvalue weighted by Gasteiger charge is 2.20. The summed E-state index contributed by atoms with van der Waals surface area (Å²) in [7, 11) is 0. The first-order chi connectivity index (χ1) is 12.0. The molecule has 3 rings (SSSR count). The van der Waals surface area contributed by atoms with E-state index in [2.05, 4.69) is 15.3 Å². The summed E-state index contributed by atoms with van der Waals surface area (Å²) in [5.41, 5.74) is -0.218. The Morgan fingerprint density at radius 1 is 1.08 bits per heavy atom. The van der Waals surface area contributed by atoms with Gasteiger partial charge in [-0.1, -0.05) is 0 Å². The fourth-order valence-electron chi connectivity index (χ4n) is 2.60. The molecule has 1 amide bonds. The molecule has 0 radical (unpaired) electrons. The first-order valence-electron chi connectivity index (χ1n) is 7.68. The number of hydrogen-bond donors (Lipinski definition) is 1. The summed E-state index contributed by atoms with van der Waals surface area (Å²) in [5, 5.41) is 2.62. The van der Waals surface area contributed by atoms with Gasteiger partial charge in [-0.05, 0) is 12.1 Å². The molecule has 2 heterocycles. The van der Waals surface area contributed by atoms with E-state index in [0.717, 1.165) is 12.1 Å². The van der Waals surface area contributed by atoms with Crippen molar-refractivity contribution in [1.29, 1.82) is 0 Å². The maximum absolute atomic E-state index is 13.8. The molecule has 1 aromatic carbocycles. The van der Waals surface area contributed by atoms with Gasteiger partial charge in [0, 0.05) is 39.2 Å². The number of piperazine rings is 1. The van der Waals surface area contributed by atoms with Gasteiger partial charge in [-0.15, -0.1) is 0 Å². The van der Waals surface area contributed by atoms with Gasteiger partial charge in [0.15, 0.2) is 17.5 Å². The average Bonchev–Trinajstić information content (AvgIpc) is 2.62. The minimum atomic E-state index is -1.54. The maximum atomic E-state index is 13.8. The molecule has 6 nitrogen and oxygen atoms in total. The Balaban J connectivity index is 1.74. The molecule has 1 fully saturated rings. The van der Waals surface area contributed by atoms with Gasteiger partial charge < -0.3 is 15.1 Å². The summed E-state index contributed by atoms with van der Waals surface area (Å²) in [5.74, 6) is -3.23. The summed E-state index contributed by atoms with van der Waals surface area (Å²) in [6.45, 7) is 3.91. The number of anilines is 3. The zero-order chi connectivity index (χ0) is 18.0. The van der Waals surface area contributed by atoms with Crippen molar-refractivity contribution in [3.63, 3.8) is 0 Å². The monoisotopic (exact) mass is 351 g/mol. The molecule has 0 atom stereocenters. The third kappa shape index (κ3) is 3.65. The molecule has 0 unspecified atom stereocenters. The number of halogens is 3. The van der Waals surface area contributed by atoms with Crippen LogP contribution in [0.1, 0.15) is 6.92 Å². The van der Waals surface area contributed by atoms with Crippen LogP contribution in [0.3, 0.4) is 0 Å². The Kier molecular flexibility index (Phi) is 4.73. The van der Waals surface area contributed by atoms with Crippen molar-refractivity contribution in [2.75, 3.05) is 36.4 Å². The molecule has 132 valence electrons. The van der Waals surface area contributed by atoms with E-state index in [9.17, 15) is 18.0 Å². The van der Waals surface area contributed by atoms with E-state index in [1.807, 2.05) is 4.90 Å². The summed E-state index contributed by atoms with van der Waals surface area (Å²) >= 11 is 0. The molecule has 0 spiro atoms. The van der Waals surface area contributed by atoms with Gasteiger partial charge in [0.2, 0.25) is 5.91 Å². The van der Waals surface area contributed by atoms with Crippen LogP contribution in [0, 0.1) is 17.5 Å². The van der Waals surface area contributed by atoms with Gasteiger partial charge in [-0.25, -0.2) is 23.1 Å². The predicted molar refractivity (Wildman–Crippen MR) is 86.1 cm³/mol.